The lowest BCUT2D eigenvalue weighted by molar-refractivity contribution is 0.0698. The normalized spacial score (nSPS) is 11.5. The van der Waals surface area contributed by atoms with Gasteiger partial charge in [0.2, 0.25) is 0 Å². The predicted molar refractivity (Wildman–Crippen MR) is 82.7 cm³/mol. The van der Waals surface area contributed by atoms with E-state index in [1.54, 1.807) is 0 Å². The first-order chi connectivity index (χ1) is 9.38. The van der Waals surface area contributed by atoms with Gasteiger partial charge in [0.1, 0.15) is 0 Å². The minimum Gasteiger partial charge on any atom is -0.478 e. The van der Waals surface area contributed by atoms with Crippen molar-refractivity contribution in [2.24, 2.45) is 7.05 Å². The minimum absolute atomic E-state index is 0.326. The number of carbonyl (C=O) groups is 1. The average molecular weight is 273 g/mol. The van der Waals surface area contributed by atoms with Gasteiger partial charge in [0.15, 0.2) is 0 Å². The first kappa shape index (κ1) is 14.6. The Labute approximate surface area is 120 Å². The molecule has 0 unspecified atom stereocenters. The Morgan fingerprint density at radius 3 is 2.50 bits per heavy atom. The molecule has 0 saturated heterocycles. The van der Waals surface area contributed by atoms with Crippen molar-refractivity contribution >= 4 is 16.9 Å². The topological polar surface area (TPSA) is 42.2 Å². The first-order valence-electron chi connectivity index (χ1n) is 7.23. The molecule has 2 aromatic rings. The Morgan fingerprint density at radius 2 is 2.00 bits per heavy atom. The molecule has 0 bridgehead atoms. The predicted octanol–water partition coefficient (Wildman–Crippen LogP) is 4.26. The van der Waals surface area contributed by atoms with E-state index in [4.69, 9.17) is 0 Å². The number of carboxylic acids is 1. The van der Waals surface area contributed by atoms with Crippen LogP contribution in [0.25, 0.3) is 10.9 Å². The van der Waals surface area contributed by atoms with E-state index in [0.29, 0.717) is 11.5 Å². The number of aromatic carboxylic acids is 1. The van der Waals surface area contributed by atoms with Gasteiger partial charge in [-0.15, -0.1) is 0 Å². The summed E-state index contributed by atoms with van der Waals surface area (Å²) < 4.78 is 2.02. The minimum atomic E-state index is -0.846. The van der Waals surface area contributed by atoms with Crippen molar-refractivity contribution in [1.82, 2.24) is 4.57 Å². The van der Waals surface area contributed by atoms with Gasteiger partial charge in [-0.2, -0.15) is 0 Å². The molecule has 0 aliphatic carbocycles. The van der Waals surface area contributed by atoms with Crippen LogP contribution in [0.2, 0.25) is 0 Å². The van der Waals surface area contributed by atoms with Crippen molar-refractivity contribution in [2.75, 3.05) is 0 Å². The van der Waals surface area contributed by atoms with Crippen LogP contribution in [0.1, 0.15) is 60.3 Å². The summed E-state index contributed by atoms with van der Waals surface area (Å²) in [4.78, 5) is 11.6. The van der Waals surface area contributed by atoms with Gasteiger partial charge in [0.05, 0.1) is 11.1 Å². The molecule has 0 amide bonds. The van der Waals surface area contributed by atoms with Crippen LogP contribution in [0.3, 0.4) is 0 Å². The fourth-order valence-corrected chi connectivity index (χ4v) is 2.88. The highest BCUT2D eigenvalue weighted by Gasteiger charge is 2.19. The third-order valence-corrected chi connectivity index (χ3v) is 4.13. The van der Waals surface area contributed by atoms with E-state index < -0.39 is 5.97 Å². The van der Waals surface area contributed by atoms with E-state index in [1.165, 1.54) is 11.3 Å². The van der Waals surface area contributed by atoms with Gasteiger partial charge >= 0.3 is 5.97 Å². The zero-order chi connectivity index (χ0) is 15.0. The Morgan fingerprint density at radius 1 is 1.35 bits per heavy atom. The molecule has 20 heavy (non-hydrogen) atoms. The molecule has 2 rings (SSSR count). The number of nitrogens with zero attached hydrogens (tertiary/aromatic N) is 1. The summed E-state index contributed by atoms with van der Waals surface area (Å²) in [6.45, 7) is 8.43. The number of hydrogen-bond donors (Lipinski definition) is 1. The number of carboxylic acid groups (broad SMARTS) is 1. The average Bonchev–Trinajstić information content (AvgIpc) is 2.63. The lowest BCUT2D eigenvalue weighted by Crippen LogP contribution is -2.03. The smallest absolute Gasteiger partial charge is 0.337 e. The summed E-state index contributed by atoms with van der Waals surface area (Å²) in [5.74, 6) is -0.520. The maximum atomic E-state index is 11.6. The van der Waals surface area contributed by atoms with E-state index >= 15 is 0 Å². The monoisotopic (exact) mass is 273 g/mol. The molecule has 1 aromatic carbocycles. The molecule has 1 N–H and O–H groups in total. The zero-order valence-electron chi connectivity index (χ0n) is 12.9. The van der Waals surface area contributed by atoms with Crippen LogP contribution < -0.4 is 0 Å². The van der Waals surface area contributed by atoms with Gasteiger partial charge < -0.3 is 9.67 Å². The molecule has 1 aromatic heterocycles. The van der Waals surface area contributed by atoms with Crippen LogP contribution in [-0.2, 0) is 13.5 Å². The molecule has 0 fully saturated rings. The number of hydrogen-bond acceptors (Lipinski definition) is 1. The molecule has 0 aliphatic heterocycles. The Balaban J connectivity index is 2.89. The summed E-state index contributed by atoms with van der Waals surface area (Å²) in [5.41, 5.74) is 4.82. The highest BCUT2D eigenvalue weighted by atomic mass is 16.4. The van der Waals surface area contributed by atoms with E-state index in [9.17, 15) is 9.90 Å². The number of aromatic nitrogens is 1. The van der Waals surface area contributed by atoms with Crippen LogP contribution in [0.5, 0.6) is 0 Å². The number of rotatable bonds is 4. The third-order valence-electron chi connectivity index (χ3n) is 4.13. The van der Waals surface area contributed by atoms with Crippen molar-refractivity contribution < 1.29 is 9.90 Å². The maximum absolute atomic E-state index is 11.6. The van der Waals surface area contributed by atoms with E-state index in [0.717, 1.165) is 29.3 Å². The fourth-order valence-electron chi connectivity index (χ4n) is 2.88. The second-order valence-electron chi connectivity index (χ2n) is 5.80. The van der Waals surface area contributed by atoms with Gasteiger partial charge in [-0.1, -0.05) is 27.2 Å². The summed E-state index contributed by atoms with van der Waals surface area (Å²) in [7, 11) is 1.96. The van der Waals surface area contributed by atoms with Crippen LogP contribution >= 0.6 is 0 Å². The number of benzene rings is 1. The van der Waals surface area contributed by atoms with Crippen molar-refractivity contribution in [2.45, 2.75) is 46.5 Å². The lowest BCUT2D eigenvalue weighted by atomic mass is 9.96. The Hall–Kier alpha value is -1.77. The molecular formula is C17H23NO2. The van der Waals surface area contributed by atoms with Gasteiger partial charge in [0, 0.05) is 18.1 Å². The second kappa shape index (κ2) is 5.31. The van der Waals surface area contributed by atoms with Crippen LogP contribution in [-0.4, -0.2) is 15.6 Å². The van der Waals surface area contributed by atoms with Crippen LogP contribution in [0.4, 0.5) is 0 Å². The molecular weight excluding hydrogens is 250 g/mol. The summed E-state index contributed by atoms with van der Waals surface area (Å²) in [6, 6.07) is 3.99. The van der Waals surface area contributed by atoms with Crippen molar-refractivity contribution in [3.05, 3.63) is 34.5 Å². The molecule has 0 atom stereocenters. The van der Waals surface area contributed by atoms with Gasteiger partial charge in [0.25, 0.3) is 0 Å². The van der Waals surface area contributed by atoms with E-state index in [1.807, 2.05) is 17.7 Å². The first-order valence-corrected chi connectivity index (χ1v) is 7.23. The summed E-state index contributed by atoms with van der Waals surface area (Å²) in [5, 5.41) is 10.6. The number of aryl methyl sites for hydroxylation is 2. The second-order valence-corrected chi connectivity index (χ2v) is 5.80. The standard InChI is InChI=1S/C17H23NO2/c1-6-7-13-11(4)18(5)16-14(13)8-12(10(2)3)9-15(16)17(19)20/h8-10H,6-7H2,1-5H3,(H,19,20). The summed E-state index contributed by atoms with van der Waals surface area (Å²) >= 11 is 0. The van der Waals surface area contributed by atoms with Crippen LogP contribution in [0, 0.1) is 6.92 Å². The summed E-state index contributed by atoms with van der Waals surface area (Å²) in [6.07, 6.45) is 2.05. The molecule has 3 heteroatoms. The lowest BCUT2D eigenvalue weighted by Gasteiger charge is -2.10. The van der Waals surface area contributed by atoms with Crippen molar-refractivity contribution in [3.63, 3.8) is 0 Å². The Kier molecular flexibility index (Phi) is 3.89. The SMILES string of the molecule is CCCc1c(C)n(C)c2c(C(=O)O)cc(C(C)C)cc12. The van der Waals surface area contributed by atoms with Gasteiger partial charge in [-0.25, -0.2) is 4.79 Å². The fraction of sp³-hybridized carbons (Fsp3) is 0.471. The largest absolute Gasteiger partial charge is 0.478 e. The molecule has 0 radical (unpaired) electrons. The van der Waals surface area contributed by atoms with E-state index in [2.05, 4.69) is 33.8 Å². The quantitative estimate of drug-likeness (QED) is 0.904. The molecule has 108 valence electrons. The molecule has 0 aliphatic rings. The van der Waals surface area contributed by atoms with E-state index in [-0.39, 0.29) is 0 Å². The highest BCUT2D eigenvalue weighted by molar-refractivity contribution is 6.04. The molecule has 0 saturated carbocycles. The molecule has 1 heterocycles. The van der Waals surface area contributed by atoms with Gasteiger partial charge in [-0.05, 0) is 42.5 Å². The molecule has 3 nitrogen and oxygen atoms in total. The van der Waals surface area contributed by atoms with Gasteiger partial charge in [-0.3, -0.25) is 0 Å². The third kappa shape index (κ3) is 2.21. The number of fused-ring (bicyclic) bond motifs is 1. The molecule has 0 spiro atoms. The van der Waals surface area contributed by atoms with Crippen molar-refractivity contribution in [3.8, 4) is 0 Å². The van der Waals surface area contributed by atoms with Crippen LogP contribution in [0.15, 0.2) is 12.1 Å². The highest BCUT2D eigenvalue weighted by Crippen LogP contribution is 2.32. The Bertz CT molecular complexity index is 665. The van der Waals surface area contributed by atoms with Crippen molar-refractivity contribution in [1.29, 1.82) is 0 Å². The maximum Gasteiger partial charge on any atom is 0.337 e. The zero-order valence-corrected chi connectivity index (χ0v) is 12.9.